The quantitative estimate of drug-likeness (QED) is 0.419. The van der Waals surface area contributed by atoms with Crippen LogP contribution in [0, 0.1) is 0 Å². The van der Waals surface area contributed by atoms with Crippen molar-refractivity contribution in [3.05, 3.63) is 80.4 Å². The number of nitrogens with one attached hydrogen (secondary N) is 3. The zero-order valence-electron chi connectivity index (χ0n) is 19.3. The van der Waals surface area contributed by atoms with Gasteiger partial charge in [-0.2, -0.15) is 0 Å². The fourth-order valence-electron chi connectivity index (χ4n) is 2.91. The number of anilines is 3. The number of phenolic OH excluding ortho intramolecular Hbond substituents is 1. The lowest BCUT2D eigenvalue weighted by atomic mass is 10.1. The van der Waals surface area contributed by atoms with E-state index >= 15 is 0 Å². The van der Waals surface area contributed by atoms with Gasteiger partial charge >= 0.3 is 0 Å². The van der Waals surface area contributed by atoms with Crippen molar-refractivity contribution >= 4 is 23.0 Å². The Bertz CT molecular complexity index is 1200. The summed E-state index contributed by atoms with van der Waals surface area (Å²) >= 11 is 0. The number of aromatic nitrogens is 2. The van der Waals surface area contributed by atoms with E-state index < -0.39 is 17.0 Å². The lowest BCUT2D eigenvalue weighted by molar-refractivity contribution is 0.0824. The van der Waals surface area contributed by atoms with Crippen LogP contribution >= 0.6 is 0 Å². The topological polar surface area (TPSA) is 129 Å². The number of benzene rings is 2. The first-order valence-electron chi connectivity index (χ1n) is 10.0. The van der Waals surface area contributed by atoms with E-state index in [1.54, 1.807) is 34.4 Å². The van der Waals surface area contributed by atoms with E-state index in [1.165, 1.54) is 24.1 Å². The van der Waals surface area contributed by atoms with E-state index in [0.717, 1.165) is 10.2 Å². The second kappa shape index (κ2) is 11.5. The number of amides is 1. The van der Waals surface area contributed by atoms with Crippen molar-refractivity contribution in [1.29, 1.82) is 0 Å². The SMILES string of the molecule is CN(C)C(=O)c1cccc(Nc2c(NCc3ccccc3)c(=O)[nH]n(C)c2=O)c1O.COC. The van der Waals surface area contributed by atoms with Crippen molar-refractivity contribution in [1.82, 2.24) is 14.7 Å². The van der Waals surface area contributed by atoms with E-state index in [4.69, 9.17) is 0 Å². The Morgan fingerprint density at radius 2 is 1.70 bits per heavy atom. The Morgan fingerprint density at radius 3 is 2.30 bits per heavy atom. The summed E-state index contributed by atoms with van der Waals surface area (Å²) in [4.78, 5) is 38.9. The first kappa shape index (κ1) is 25.2. The van der Waals surface area contributed by atoms with Gasteiger partial charge < -0.3 is 25.4 Å². The molecule has 0 saturated heterocycles. The third kappa shape index (κ3) is 6.23. The molecule has 0 aliphatic heterocycles. The number of aromatic amines is 1. The summed E-state index contributed by atoms with van der Waals surface area (Å²) in [7, 11) is 7.81. The van der Waals surface area contributed by atoms with Gasteiger partial charge in [-0.3, -0.25) is 24.2 Å². The van der Waals surface area contributed by atoms with Crippen molar-refractivity contribution in [2.24, 2.45) is 7.05 Å². The molecule has 33 heavy (non-hydrogen) atoms. The van der Waals surface area contributed by atoms with E-state index in [9.17, 15) is 19.5 Å². The van der Waals surface area contributed by atoms with Crippen molar-refractivity contribution in [2.45, 2.75) is 6.54 Å². The molecule has 0 aliphatic rings. The number of ether oxygens (including phenoxy) is 1. The van der Waals surface area contributed by atoms with Gasteiger partial charge in [0.25, 0.3) is 17.0 Å². The van der Waals surface area contributed by atoms with Gasteiger partial charge in [0.2, 0.25) is 0 Å². The van der Waals surface area contributed by atoms with Gasteiger partial charge in [0.15, 0.2) is 5.75 Å². The van der Waals surface area contributed by atoms with Crippen molar-refractivity contribution in [2.75, 3.05) is 38.9 Å². The molecule has 0 spiro atoms. The van der Waals surface area contributed by atoms with Crippen LogP contribution in [0.1, 0.15) is 15.9 Å². The van der Waals surface area contributed by atoms with Crippen LogP contribution in [0.5, 0.6) is 5.75 Å². The van der Waals surface area contributed by atoms with Crippen LogP contribution in [0.3, 0.4) is 0 Å². The third-order valence-corrected chi connectivity index (χ3v) is 4.51. The first-order valence-corrected chi connectivity index (χ1v) is 10.0. The highest BCUT2D eigenvalue weighted by atomic mass is 16.4. The minimum Gasteiger partial charge on any atom is -0.505 e. The minimum absolute atomic E-state index is 0.0330. The van der Waals surface area contributed by atoms with Gasteiger partial charge in [0, 0.05) is 41.9 Å². The summed E-state index contributed by atoms with van der Waals surface area (Å²) < 4.78 is 5.30. The molecule has 3 rings (SSSR count). The molecule has 0 aliphatic carbocycles. The fourth-order valence-corrected chi connectivity index (χ4v) is 2.91. The maximum atomic E-state index is 12.7. The number of nitrogens with zero attached hydrogens (tertiary/aromatic N) is 2. The molecule has 2 aromatic carbocycles. The van der Waals surface area contributed by atoms with E-state index in [0.29, 0.717) is 6.54 Å². The summed E-state index contributed by atoms with van der Waals surface area (Å²) in [6.45, 7) is 0.316. The molecule has 176 valence electrons. The molecule has 10 heteroatoms. The van der Waals surface area contributed by atoms with Crippen LogP contribution in [-0.2, 0) is 18.3 Å². The number of H-pyrrole nitrogens is 1. The Hall–Kier alpha value is -4.05. The molecule has 0 radical (unpaired) electrons. The lowest BCUT2D eigenvalue weighted by Crippen LogP contribution is -2.31. The summed E-state index contributed by atoms with van der Waals surface area (Å²) in [5, 5.41) is 18.8. The smallest absolute Gasteiger partial charge is 0.290 e. The number of hydrogen-bond donors (Lipinski definition) is 4. The average molecular weight is 456 g/mol. The molecule has 10 nitrogen and oxygen atoms in total. The molecular weight excluding hydrogens is 426 g/mol. The number of carbonyl (C=O) groups excluding carboxylic acids is 1. The van der Waals surface area contributed by atoms with Crippen LogP contribution in [0.2, 0.25) is 0 Å². The molecule has 0 saturated carbocycles. The number of carbonyl (C=O) groups is 1. The highest BCUT2D eigenvalue weighted by Crippen LogP contribution is 2.31. The molecule has 0 unspecified atom stereocenters. The number of phenols is 1. The largest absolute Gasteiger partial charge is 0.505 e. The number of rotatable bonds is 6. The molecule has 0 atom stereocenters. The maximum absolute atomic E-state index is 12.7. The normalized spacial score (nSPS) is 10.1. The summed E-state index contributed by atoms with van der Waals surface area (Å²) in [6, 6.07) is 14.0. The van der Waals surface area contributed by atoms with Crippen molar-refractivity contribution in [3.8, 4) is 5.75 Å². The van der Waals surface area contributed by atoms with E-state index in [-0.39, 0.29) is 28.4 Å². The number of aryl methyl sites for hydroxylation is 1. The van der Waals surface area contributed by atoms with E-state index in [2.05, 4.69) is 20.5 Å². The standard InChI is InChI=1S/C21H23N5O4.C2H6O/c1-25(2)20(29)14-10-7-11-15(18(14)27)23-17-16(19(28)24-26(3)21(17)30)22-12-13-8-5-4-6-9-13;1-3-2/h4-11,22-23,27H,12H2,1-3H3,(H,24,28);1-2H3. The van der Waals surface area contributed by atoms with Crippen molar-refractivity contribution in [3.63, 3.8) is 0 Å². The molecular formula is C23H29N5O5. The lowest BCUT2D eigenvalue weighted by Gasteiger charge is -2.17. The van der Waals surface area contributed by atoms with Gasteiger partial charge in [-0.15, -0.1) is 0 Å². The average Bonchev–Trinajstić information content (AvgIpc) is 2.79. The van der Waals surface area contributed by atoms with Gasteiger partial charge in [-0.05, 0) is 17.7 Å². The molecule has 1 heterocycles. The van der Waals surface area contributed by atoms with Crippen molar-refractivity contribution < 1.29 is 14.6 Å². The predicted molar refractivity (Wildman–Crippen MR) is 128 cm³/mol. The number of para-hydroxylation sites is 1. The zero-order chi connectivity index (χ0) is 24.5. The summed E-state index contributed by atoms with van der Waals surface area (Å²) in [5.41, 5.74) is 0.112. The zero-order valence-corrected chi connectivity index (χ0v) is 19.3. The van der Waals surface area contributed by atoms with Crippen LogP contribution in [0.15, 0.2) is 58.1 Å². The molecule has 3 aromatic rings. The monoisotopic (exact) mass is 455 g/mol. The minimum atomic E-state index is -0.506. The molecule has 1 aromatic heterocycles. The highest BCUT2D eigenvalue weighted by Gasteiger charge is 2.19. The summed E-state index contributed by atoms with van der Waals surface area (Å²) in [6.07, 6.45) is 0. The predicted octanol–water partition coefficient (Wildman–Crippen LogP) is 2.10. The second-order valence-corrected chi connectivity index (χ2v) is 7.33. The molecule has 0 fully saturated rings. The highest BCUT2D eigenvalue weighted by molar-refractivity contribution is 5.98. The van der Waals surface area contributed by atoms with Gasteiger partial charge in [0.1, 0.15) is 11.4 Å². The first-order chi connectivity index (χ1) is 15.7. The van der Waals surface area contributed by atoms with Gasteiger partial charge in [-0.25, -0.2) is 0 Å². The third-order valence-electron chi connectivity index (χ3n) is 4.51. The number of methoxy groups -OCH3 is 1. The second-order valence-electron chi connectivity index (χ2n) is 7.33. The van der Waals surface area contributed by atoms with Crippen LogP contribution in [-0.4, -0.2) is 54.0 Å². The molecule has 0 bridgehead atoms. The van der Waals surface area contributed by atoms with Crippen LogP contribution < -0.4 is 21.8 Å². The number of aromatic hydroxyl groups is 1. The molecule has 4 N–H and O–H groups in total. The van der Waals surface area contributed by atoms with Crippen LogP contribution in [0.25, 0.3) is 0 Å². The number of hydrogen-bond acceptors (Lipinski definition) is 7. The van der Waals surface area contributed by atoms with Gasteiger partial charge in [-0.1, -0.05) is 36.4 Å². The van der Waals surface area contributed by atoms with Crippen LogP contribution in [0.4, 0.5) is 17.1 Å². The Labute approximate surface area is 191 Å². The van der Waals surface area contributed by atoms with E-state index in [1.807, 2.05) is 30.3 Å². The maximum Gasteiger partial charge on any atom is 0.290 e. The fraction of sp³-hybridized carbons (Fsp3) is 0.261. The Kier molecular flexibility index (Phi) is 8.81. The summed E-state index contributed by atoms with van der Waals surface area (Å²) in [5.74, 6) is -0.704. The Balaban J connectivity index is 0.00000122. The Morgan fingerprint density at radius 1 is 1.06 bits per heavy atom. The van der Waals surface area contributed by atoms with Gasteiger partial charge in [0.05, 0.1) is 11.3 Å². The molecule has 1 amide bonds.